The van der Waals surface area contributed by atoms with Crippen molar-refractivity contribution in [2.45, 2.75) is 0 Å². The number of amides is 1. The van der Waals surface area contributed by atoms with E-state index in [2.05, 4.69) is 25.4 Å². The van der Waals surface area contributed by atoms with E-state index in [0.29, 0.717) is 11.2 Å². The van der Waals surface area contributed by atoms with Gasteiger partial charge in [0.15, 0.2) is 0 Å². The van der Waals surface area contributed by atoms with Crippen molar-refractivity contribution in [3.8, 4) is 5.69 Å². The maximum atomic E-state index is 12.5. The maximum Gasteiger partial charge on any atom is 0.275 e. The maximum absolute atomic E-state index is 12.5. The number of anilines is 1. The van der Waals surface area contributed by atoms with E-state index in [-0.39, 0.29) is 11.6 Å². The van der Waals surface area contributed by atoms with Crippen molar-refractivity contribution in [2.24, 2.45) is 0 Å². The van der Waals surface area contributed by atoms with Crippen LogP contribution in [0.15, 0.2) is 67.4 Å². The van der Waals surface area contributed by atoms with Gasteiger partial charge in [-0.2, -0.15) is 5.10 Å². The fourth-order valence-electron chi connectivity index (χ4n) is 2.36. The van der Waals surface area contributed by atoms with E-state index in [1.165, 1.54) is 12.5 Å². The molecule has 2 aromatic carbocycles. The Kier molecular flexibility index (Phi) is 3.43. The molecule has 0 saturated heterocycles. The fraction of sp³-hybridized carbons (Fsp3) is 0. The molecular formula is C17H12N6O. The van der Waals surface area contributed by atoms with E-state index < -0.39 is 0 Å². The Morgan fingerprint density at radius 2 is 1.79 bits per heavy atom. The number of nitrogens with zero attached hydrogens (tertiary/aromatic N) is 5. The zero-order valence-corrected chi connectivity index (χ0v) is 12.5. The van der Waals surface area contributed by atoms with Crippen LogP contribution in [-0.2, 0) is 0 Å². The highest BCUT2D eigenvalue weighted by atomic mass is 16.1. The largest absolute Gasteiger partial charge is 0.319 e. The third kappa shape index (κ3) is 2.58. The van der Waals surface area contributed by atoms with Gasteiger partial charge in [0.2, 0.25) is 0 Å². The van der Waals surface area contributed by atoms with Gasteiger partial charge in [-0.25, -0.2) is 14.6 Å². The molecule has 0 atom stereocenters. The molecule has 0 aliphatic rings. The van der Waals surface area contributed by atoms with Gasteiger partial charge in [0, 0.05) is 0 Å². The zero-order chi connectivity index (χ0) is 16.4. The van der Waals surface area contributed by atoms with Crippen molar-refractivity contribution in [3.63, 3.8) is 0 Å². The van der Waals surface area contributed by atoms with Crippen molar-refractivity contribution in [2.75, 3.05) is 5.32 Å². The molecule has 0 radical (unpaired) electrons. The van der Waals surface area contributed by atoms with Gasteiger partial charge < -0.3 is 5.32 Å². The van der Waals surface area contributed by atoms with Crippen molar-refractivity contribution in [3.05, 3.63) is 73.1 Å². The number of aromatic nitrogens is 5. The fourth-order valence-corrected chi connectivity index (χ4v) is 2.36. The average molecular weight is 316 g/mol. The Bertz CT molecular complexity index is 1010. The van der Waals surface area contributed by atoms with Crippen molar-refractivity contribution < 1.29 is 4.79 Å². The van der Waals surface area contributed by atoms with Crippen molar-refractivity contribution >= 4 is 22.6 Å². The van der Waals surface area contributed by atoms with Gasteiger partial charge in [0.05, 0.1) is 28.6 Å². The van der Waals surface area contributed by atoms with Crippen LogP contribution < -0.4 is 5.32 Å². The van der Waals surface area contributed by atoms with Crippen molar-refractivity contribution in [1.29, 1.82) is 0 Å². The predicted octanol–water partition coefficient (Wildman–Crippen LogP) is 2.46. The van der Waals surface area contributed by atoms with Crippen LogP contribution in [0.25, 0.3) is 16.7 Å². The van der Waals surface area contributed by atoms with Crippen LogP contribution in [0.4, 0.5) is 5.69 Å². The van der Waals surface area contributed by atoms with E-state index in [4.69, 9.17) is 0 Å². The molecule has 0 saturated carbocycles. The minimum Gasteiger partial charge on any atom is -0.319 e. The third-order valence-corrected chi connectivity index (χ3v) is 3.50. The number of benzene rings is 2. The molecule has 1 amide bonds. The summed E-state index contributed by atoms with van der Waals surface area (Å²) < 4.78 is 1.59. The number of hydrogen-bond acceptors (Lipinski definition) is 5. The van der Waals surface area contributed by atoms with Gasteiger partial charge in [-0.05, 0) is 24.3 Å². The molecule has 7 nitrogen and oxygen atoms in total. The first-order chi connectivity index (χ1) is 11.8. The molecule has 2 aromatic heterocycles. The normalized spacial score (nSPS) is 10.7. The lowest BCUT2D eigenvalue weighted by Gasteiger charge is -2.10. The molecule has 24 heavy (non-hydrogen) atoms. The van der Waals surface area contributed by atoms with Gasteiger partial charge in [-0.1, -0.05) is 24.3 Å². The van der Waals surface area contributed by atoms with E-state index in [0.717, 1.165) is 11.2 Å². The highest BCUT2D eigenvalue weighted by molar-refractivity contribution is 6.04. The number of nitrogens with one attached hydrogen (secondary N) is 1. The van der Waals surface area contributed by atoms with Crippen LogP contribution in [-0.4, -0.2) is 30.6 Å². The van der Waals surface area contributed by atoms with Crippen LogP contribution in [0.3, 0.4) is 0 Å². The second kappa shape index (κ2) is 5.88. The molecular weight excluding hydrogens is 304 g/mol. The molecule has 1 N–H and O–H groups in total. The molecule has 2 heterocycles. The summed E-state index contributed by atoms with van der Waals surface area (Å²) in [6.07, 6.45) is 4.48. The summed E-state index contributed by atoms with van der Waals surface area (Å²) in [4.78, 5) is 25.1. The van der Waals surface area contributed by atoms with Gasteiger partial charge in [-0.15, -0.1) is 0 Å². The average Bonchev–Trinajstić information content (AvgIpc) is 3.16. The second-order valence-corrected chi connectivity index (χ2v) is 5.06. The highest BCUT2D eigenvalue weighted by Gasteiger charge is 2.12. The summed E-state index contributed by atoms with van der Waals surface area (Å²) in [7, 11) is 0. The second-order valence-electron chi connectivity index (χ2n) is 5.06. The predicted molar refractivity (Wildman–Crippen MR) is 88.9 cm³/mol. The first kappa shape index (κ1) is 14.0. The molecule has 0 spiro atoms. The standard InChI is InChI=1S/C17H12N6O/c24-17(15-9-19-12-5-1-2-6-13(12)21-15)22-14-7-3-4-8-16(14)23-11-18-10-20-23/h1-11H,(H,22,24). The number of fused-ring (bicyclic) bond motifs is 1. The van der Waals surface area contributed by atoms with Gasteiger partial charge in [0.25, 0.3) is 5.91 Å². The lowest BCUT2D eigenvalue weighted by molar-refractivity contribution is 0.102. The van der Waals surface area contributed by atoms with Crippen LogP contribution >= 0.6 is 0 Å². The van der Waals surface area contributed by atoms with Crippen LogP contribution in [0.2, 0.25) is 0 Å². The van der Waals surface area contributed by atoms with E-state index in [1.54, 1.807) is 17.1 Å². The van der Waals surface area contributed by atoms with E-state index in [9.17, 15) is 4.79 Å². The zero-order valence-electron chi connectivity index (χ0n) is 12.5. The lowest BCUT2D eigenvalue weighted by Crippen LogP contribution is -2.15. The Labute approximate surface area is 137 Å². The molecule has 116 valence electrons. The van der Waals surface area contributed by atoms with Crippen LogP contribution in [0, 0.1) is 0 Å². The summed E-state index contributed by atoms with van der Waals surface area (Å²) in [5, 5.41) is 6.94. The molecule has 0 aliphatic heterocycles. The monoisotopic (exact) mass is 316 g/mol. The lowest BCUT2D eigenvalue weighted by atomic mass is 10.2. The summed E-state index contributed by atoms with van der Waals surface area (Å²) in [5.41, 5.74) is 3.01. The minimum atomic E-state index is -0.333. The van der Waals surface area contributed by atoms with Crippen LogP contribution in [0.1, 0.15) is 10.5 Å². The number of hydrogen-bond donors (Lipinski definition) is 1. The Morgan fingerprint density at radius 1 is 1.00 bits per heavy atom. The van der Waals surface area contributed by atoms with Gasteiger partial charge in [-0.3, -0.25) is 9.78 Å². The molecule has 0 fully saturated rings. The number of para-hydroxylation sites is 4. The summed E-state index contributed by atoms with van der Waals surface area (Å²) in [6.45, 7) is 0. The molecule has 7 heteroatoms. The number of carbonyl (C=O) groups excluding carboxylic acids is 1. The molecule has 0 bridgehead atoms. The number of carbonyl (C=O) groups is 1. The number of rotatable bonds is 3. The first-order valence-corrected chi connectivity index (χ1v) is 7.28. The van der Waals surface area contributed by atoms with E-state index in [1.807, 2.05) is 42.5 Å². The Hall–Kier alpha value is -3.61. The highest BCUT2D eigenvalue weighted by Crippen LogP contribution is 2.19. The molecule has 0 unspecified atom stereocenters. The summed E-state index contributed by atoms with van der Waals surface area (Å²) in [5.74, 6) is -0.333. The Balaban J connectivity index is 1.66. The summed E-state index contributed by atoms with van der Waals surface area (Å²) in [6, 6.07) is 14.8. The quantitative estimate of drug-likeness (QED) is 0.627. The molecule has 4 aromatic rings. The first-order valence-electron chi connectivity index (χ1n) is 7.28. The van der Waals surface area contributed by atoms with Crippen LogP contribution in [0.5, 0.6) is 0 Å². The molecule has 4 rings (SSSR count). The SMILES string of the molecule is O=C(Nc1ccccc1-n1cncn1)c1cnc2ccccc2n1. The van der Waals surface area contributed by atoms with Crippen molar-refractivity contribution in [1.82, 2.24) is 24.7 Å². The topological polar surface area (TPSA) is 85.6 Å². The van der Waals surface area contributed by atoms with Gasteiger partial charge in [0.1, 0.15) is 18.3 Å². The summed E-state index contributed by atoms with van der Waals surface area (Å²) >= 11 is 0. The van der Waals surface area contributed by atoms with E-state index >= 15 is 0 Å². The molecule has 0 aliphatic carbocycles. The Morgan fingerprint density at radius 3 is 2.62 bits per heavy atom. The van der Waals surface area contributed by atoms with Gasteiger partial charge >= 0.3 is 0 Å². The third-order valence-electron chi connectivity index (χ3n) is 3.50. The minimum absolute atomic E-state index is 0.252. The smallest absolute Gasteiger partial charge is 0.275 e.